The topological polar surface area (TPSA) is 119 Å². The Balaban J connectivity index is 1.99. The third-order valence-electron chi connectivity index (χ3n) is 2.93. The summed E-state index contributed by atoms with van der Waals surface area (Å²) >= 11 is 5.96. The lowest BCUT2D eigenvalue weighted by atomic mass is 10.3. The second-order valence-electron chi connectivity index (χ2n) is 4.48. The lowest BCUT2D eigenvalue weighted by Crippen LogP contribution is -2.06. The van der Waals surface area contributed by atoms with Crippen molar-refractivity contribution in [2.45, 2.75) is 0 Å². The minimum absolute atomic E-state index is 0.0104. The van der Waals surface area contributed by atoms with Gasteiger partial charge >= 0.3 is 5.69 Å². The molecule has 0 aromatic carbocycles. The molecule has 0 radical (unpaired) electrons. The van der Waals surface area contributed by atoms with E-state index >= 15 is 0 Å². The van der Waals surface area contributed by atoms with E-state index in [0.29, 0.717) is 11.5 Å². The molecule has 24 heavy (non-hydrogen) atoms. The van der Waals surface area contributed by atoms with Gasteiger partial charge in [-0.2, -0.15) is 0 Å². The Morgan fingerprint density at radius 3 is 2.38 bits per heavy atom. The van der Waals surface area contributed by atoms with E-state index in [9.17, 15) is 10.1 Å². The molecular formula is C14H10ClN7O2. The number of nitrogens with one attached hydrogen (secondary N) is 2. The predicted octanol–water partition coefficient (Wildman–Crippen LogP) is 3.32. The van der Waals surface area contributed by atoms with E-state index in [4.69, 9.17) is 11.6 Å². The van der Waals surface area contributed by atoms with Gasteiger partial charge in [-0.05, 0) is 24.3 Å². The first-order valence-corrected chi connectivity index (χ1v) is 7.08. The largest absolute Gasteiger partial charge is 0.353 e. The van der Waals surface area contributed by atoms with Crippen molar-refractivity contribution < 1.29 is 4.92 Å². The van der Waals surface area contributed by atoms with E-state index < -0.39 is 4.92 Å². The number of aromatic nitrogens is 4. The van der Waals surface area contributed by atoms with Gasteiger partial charge in [-0.1, -0.05) is 17.7 Å². The maximum Gasteiger partial charge on any atom is 0.353 e. The molecule has 120 valence electrons. The Morgan fingerprint density at radius 1 is 0.958 bits per heavy atom. The SMILES string of the molecule is O=[N+]([O-])c1c(Nc2ccccn2)ncnc1Nc1cccnc1Cl. The molecule has 3 heterocycles. The number of halogens is 1. The molecule has 0 aliphatic heterocycles. The monoisotopic (exact) mass is 343 g/mol. The highest BCUT2D eigenvalue weighted by molar-refractivity contribution is 6.32. The van der Waals surface area contributed by atoms with Crippen molar-refractivity contribution >= 4 is 40.4 Å². The quantitative estimate of drug-likeness (QED) is 0.411. The molecule has 2 N–H and O–H groups in total. The molecule has 0 amide bonds. The molecule has 0 saturated carbocycles. The predicted molar refractivity (Wildman–Crippen MR) is 88.7 cm³/mol. The number of rotatable bonds is 5. The molecule has 0 aliphatic rings. The van der Waals surface area contributed by atoms with Crippen molar-refractivity contribution in [3.8, 4) is 0 Å². The Kier molecular flexibility index (Phi) is 4.43. The summed E-state index contributed by atoms with van der Waals surface area (Å²) in [6.07, 6.45) is 4.27. The third kappa shape index (κ3) is 3.36. The van der Waals surface area contributed by atoms with Crippen LogP contribution in [-0.2, 0) is 0 Å². The highest BCUT2D eigenvalue weighted by atomic mass is 35.5. The van der Waals surface area contributed by atoms with Crippen molar-refractivity contribution in [3.05, 3.63) is 64.3 Å². The highest BCUT2D eigenvalue weighted by Gasteiger charge is 2.24. The maximum atomic E-state index is 11.5. The number of nitro groups is 1. The van der Waals surface area contributed by atoms with Crippen LogP contribution in [0, 0.1) is 10.1 Å². The van der Waals surface area contributed by atoms with Gasteiger partial charge in [0.1, 0.15) is 12.1 Å². The molecule has 10 heteroatoms. The smallest absolute Gasteiger partial charge is 0.332 e. The van der Waals surface area contributed by atoms with Gasteiger partial charge in [0.25, 0.3) is 0 Å². The highest BCUT2D eigenvalue weighted by Crippen LogP contribution is 2.33. The fourth-order valence-corrected chi connectivity index (χ4v) is 2.07. The summed E-state index contributed by atoms with van der Waals surface area (Å²) in [6, 6.07) is 8.42. The van der Waals surface area contributed by atoms with Crippen LogP contribution >= 0.6 is 11.6 Å². The van der Waals surface area contributed by atoms with Gasteiger partial charge in [0, 0.05) is 12.4 Å². The van der Waals surface area contributed by atoms with Crippen molar-refractivity contribution in [2.75, 3.05) is 10.6 Å². The second-order valence-corrected chi connectivity index (χ2v) is 4.84. The summed E-state index contributed by atoms with van der Waals surface area (Å²) in [5.41, 5.74) is 0.0628. The van der Waals surface area contributed by atoms with E-state index in [1.807, 2.05) is 0 Å². The number of hydrogen-bond donors (Lipinski definition) is 2. The Bertz CT molecular complexity index is 876. The second kappa shape index (κ2) is 6.84. The third-order valence-corrected chi connectivity index (χ3v) is 3.23. The fraction of sp³-hybridized carbons (Fsp3) is 0. The van der Waals surface area contributed by atoms with Crippen LogP contribution in [0.4, 0.5) is 28.8 Å². The van der Waals surface area contributed by atoms with Crippen LogP contribution in [0.2, 0.25) is 5.15 Å². The zero-order valence-corrected chi connectivity index (χ0v) is 12.8. The van der Waals surface area contributed by atoms with Gasteiger partial charge < -0.3 is 10.6 Å². The van der Waals surface area contributed by atoms with Crippen molar-refractivity contribution in [1.29, 1.82) is 0 Å². The van der Waals surface area contributed by atoms with Gasteiger partial charge in [0.15, 0.2) is 5.15 Å². The molecule has 9 nitrogen and oxygen atoms in total. The summed E-state index contributed by atoms with van der Waals surface area (Å²) in [7, 11) is 0. The number of hydrogen-bond acceptors (Lipinski definition) is 8. The Hall–Kier alpha value is -3.33. The normalized spacial score (nSPS) is 10.2. The molecule has 0 spiro atoms. The summed E-state index contributed by atoms with van der Waals surface area (Å²) in [5.74, 6) is 0.421. The van der Waals surface area contributed by atoms with E-state index in [0.717, 1.165) is 0 Å². The zero-order valence-electron chi connectivity index (χ0n) is 12.0. The van der Waals surface area contributed by atoms with Crippen LogP contribution in [0.5, 0.6) is 0 Å². The minimum atomic E-state index is -0.585. The van der Waals surface area contributed by atoms with Gasteiger partial charge in [0.2, 0.25) is 11.6 Å². The van der Waals surface area contributed by atoms with Gasteiger partial charge in [-0.15, -0.1) is 0 Å². The summed E-state index contributed by atoms with van der Waals surface area (Å²) < 4.78 is 0. The van der Waals surface area contributed by atoms with Crippen LogP contribution in [0.1, 0.15) is 0 Å². The first-order valence-electron chi connectivity index (χ1n) is 6.70. The summed E-state index contributed by atoms with van der Waals surface area (Å²) in [4.78, 5) is 26.7. The molecule has 3 rings (SSSR count). The summed E-state index contributed by atoms with van der Waals surface area (Å²) in [5, 5.41) is 17.3. The Labute approximate surface area is 140 Å². The van der Waals surface area contributed by atoms with Gasteiger partial charge in [-0.3, -0.25) is 10.1 Å². The maximum absolute atomic E-state index is 11.5. The molecule has 3 aromatic heterocycles. The van der Waals surface area contributed by atoms with Gasteiger partial charge in [-0.25, -0.2) is 19.9 Å². The molecule has 0 saturated heterocycles. The first-order chi connectivity index (χ1) is 11.6. The van der Waals surface area contributed by atoms with Crippen LogP contribution in [0.15, 0.2) is 49.1 Å². The van der Waals surface area contributed by atoms with E-state index in [-0.39, 0.29) is 22.5 Å². The Morgan fingerprint density at radius 2 is 1.71 bits per heavy atom. The number of nitrogens with zero attached hydrogens (tertiary/aromatic N) is 5. The lowest BCUT2D eigenvalue weighted by Gasteiger charge is -2.10. The van der Waals surface area contributed by atoms with Gasteiger partial charge in [0.05, 0.1) is 10.6 Å². The van der Waals surface area contributed by atoms with Crippen LogP contribution in [0.25, 0.3) is 0 Å². The zero-order chi connectivity index (χ0) is 16.9. The summed E-state index contributed by atoms with van der Waals surface area (Å²) in [6.45, 7) is 0. The van der Waals surface area contributed by atoms with Crippen LogP contribution < -0.4 is 10.6 Å². The number of pyridine rings is 2. The minimum Gasteiger partial charge on any atom is -0.332 e. The van der Waals surface area contributed by atoms with E-state index in [1.165, 1.54) is 12.5 Å². The van der Waals surface area contributed by atoms with E-state index in [1.54, 1.807) is 36.5 Å². The fourth-order valence-electron chi connectivity index (χ4n) is 1.90. The average molecular weight is 344 g/mol. The molecular weight excluding hydrogens is 334 g/mol. The van der Waals surface area contributed by atoms with Crippen molar-refractivity contribution in [2.24, 2.45) is 0 Å². The van der Waals surface area contributed by atoms with Crippen LogP contribution in [-0.4, -0.2) is 24.9 Å². The standard InChI is InChI=1S/C14H10ClN7O2/c15-12-9(4-3-7-17-12)20-13-11(22(23)24)14(19-8-18-13)21-10-5-1-2-6-16-10/h1-8H,(H2,16,18,19,20,21). The molecule has 3 aromatic rings. The molecule has 0 bridgehead atoms. The van der Waals surface area contributed by atoms with E-state index in [2.05, 4.69) is 30.6 Å². The molecule has 0 atom stereocenters. The first kappa shape index (κ1) is 15.6. The van der Waals surface area contributed by atoms with Crippen molar-refractivity contribution in [3.63, 3.8) is 0 Å². The molecule has 0 unspecified atom stereocenters. The molecule has 0 aliphatic carbocycles. The number of anilines is 4. The average Bonchev–Trinajstić information content (AvgIpc) is 2.58. The van der Waals surface area contributed by atoms with Crippen molar-refractivity contribution in [1.82, 2.24) is 19.9 Å². The van der Waals surface area contributed by atoms with Crippen LogP contribution in [0.3, 0.4) is 0 Å². The molecule has 0 fully saturated rings. The lowest BCUT2D eigenvalue weighted by molar-refractivity contribution is -0.383.